The Morgan fingerprint density at radius 2 is 1.71 bits per heavy atom. The fraction of sp³-hybridized carbons (Fsp3) is 0.133. The van der Waals surface area contributed by atoms with Gasteiger partial charge in [0, 0.05) is 12.1 Å². The van der Waals surface area contributed by atoms with Crippen molar-refractivity contribution >= 4 is 15.9 Å². The van der Waals surface area contributed by atoms with Gasteiger partial charge in [-0.15, -0.1) is 0 Å². The van der Waals surface area contributed by atoms with Crippen LogP contribution in [0.1, 0.15) is 21.5 Å². The minimum Gasteiger partial charge on any atom is -0.348 e. The molecular weight excluding hydrogens is 345 g/mol. The van der Waals surface area contributed by atoms with Gasteiger partial charge < -0.3 is 5.32 Å². The molecule has 2 aromatic rings. The fourth-order valence-electron chi connectivity index (χ4n) is 1.94. The molecule has 0 saturated carbocycles. The quantitative estimate of drug-likeness (QED) is 0.879. The molecule has 9 heteroatoms. The predicted octanol–water partition coefficient (Wildman–Crippen LogP) is 2.28. The van der Waals surface area contributed by atoms with Gasteiger partial charge in [0.1, 0.15) is 0 Å². The van der Waals surface area contributed by atoms with E-state index in [2.05, 4.69) is 5.32 Å². The van der Waals surface area contributed by atoms with Crippen molar-refractivity contribution in [2.75, 3.05) is 0 Å². The summed E-state index contributed by atoms with van der Waals surface area (Å²) in [6.07, 6.45) is -4.45. The Morgan fingerprint density at radius 3 is 2.25 bits per heavy atom. The highest BCUT2D eigenvalue weighted by Gasteiger charge is 2.30. The van der Waals surface area contributed by atoms with E-state index in [1.54, 1.807) is 0 Å². The minimum atomic E-state index is -4.45. The number of primary sulfonamides is 1. The molecule has 0 radical (unpaired) electrons. The van der Waals surface area contributed by atoms with Gasteiger partial charge >= 0.3 is 6.18 Å². The SMILES string of the molecule is NS(=O)(=O)c1ccc(C(=O)NCc2cccc(C(F)(F)F)c2)cc1. The summed E-state index contributed by atoms with van der Waals surface area (Å²) in [4.78, 5) is 11.8. The molecule has 128 valence electrons. The predicted molar refractivity (Wildman–Crippen MR) is 80.4 cm³/mol. The summed E-state index contributed by atoms with van der Waals surface area (Å²) in [5.74, 6) is -0.548. The van der Waals surface area contributed by atoms with Crippen molar-refractivity contribution in [2.24, 2.45) is 5.14 Å². The van der Waals surface area contributed by atoms with Crippen LogP contribution in [-0.4, -0.2) is 14.3 Å². The third-order valence-electron chi connectivity index (χ3n) is 3.15. The van der Waals surface area contributed by atoms with E-state index in [1.165, 1.54) is 36.4 Å². The van der Waals surface area contributed by atoms with Crippen molar-refractivity contribution in [1.29, 1.82) is 0 Å². The van der Waals surface area contributed by atoms with Gasteiger partial charge in [-0.2, -0.15) is 13.2 Å². The molecule has 0 saturated heterocycles. The molecule has 2 aromatic carbocycles. The van der Waals surface area contributed by atoms with E-state index in [0.717, 1.165) is 12.1 Å². The van der Waals surface area contributed by atoms with Gasteiger partial charge in [0.2, 0.25) is 10.0 Å². The van der Waals surface area contributed by atoms with E-state index in [0.29, 0.717) is 5.56 Å². The van der Waals surface area contributed by atoms with Gasteiger partial charge in [-0.25, -0.2) is 13.6 Å². The lowest BCUT2D eigenvalue weighted by Gasteiger charge is -2.10. The number of hydrogen-bond acceptors (Lipinski definition) is 3. The summed E-state index contributed by atoms with van der Waals surface area (Å²) in [6, 6.07) is 9.48. The third kappa shape index (κ3) is 4.56. The second kappa shape index (κ2) is 6.62. The molecule has 0 aliphatic rings. The van der Waals surface area contributed by atoms with Crippen LogP contribution in [0.25, 0.3) is 0 Å². The molecule has 0 unspecified atom stereocenters. The molecule has 0 atom stereocenters. The van der Waals surface area contributed by atoms with Crippen LogP contribution in [-0.2, 0) is 22.7 Å². The molecule has 0 bridgehead atoms. The normalized spacial score (nSPS) is 12.0. The first-order valence-electron chi connectivity index (χ1n) is 6.64. The number of carbonyl (C=O) groups is 1. The van der Waals surface area contributed by atoms with E-state index in [-0.39, 0.29) is 17.0 Å². The van der Waals surface area contributed by atoms with Crippen molar-refractivity contribution in [3.63, 3.8) is 0 Å². The third-order valence-corrected chi connectivity index (χ3v) is 4.08. The Hall–Kier alpha value is -2.39. The van der Waals surface area contributed by atoms with Crippen LogP contribution in [0.3, 0.4) is 0 Å². The van der Waals surface area contributed by atoms with Crippen molar-refractivity contribution in [3.05, 3.63) is 65.2 Å². The Balaban J connectivity index is 2.06. The van der Waals surface area contributed by atoms with Gasteiger partial charge in [-0.05, 0) is 42.0 Å². The number of sulfonamides is 1. The van der Waals surface area contributed by atoms with Crippen LogP contribution in [0.15, 0.2) is 53.4 Å². The number of amides is 1. The molecule has 0 fully saturated rings. The van der Waals surface area contributed by atoms with Gasteiger partial charge in [-0.1, -0.05) is 12.1 Å². The number of benzene rings is 2. The summed E-state index contributed by atoms with van der Waals surface area (Å²) in [7, 11) is -3.86. The summed E-state index contributed by atoms with van der Waals surface area (Å²) >= 11 is 0. The molecule has 3 N–H and O–H groups in total. The number of nitrogens with two attached hydrogens (primary N) is 1. The first-order valence-corrected chi connectivity index (χ1v) is 8.19. The summed E-state index contributed by atoms with van der Waals surface area (Å²) < 4.78 is 60.1. The van der Waals surface area contributed by atoms with Crippen LogP contribution >= 0.6 is 0 Å². The maximum atomic E-state index is 12.6. The molecule has 1 amide bonds. The Bertz CT molecular complexity index is 847. The summed E-state index contributed by atoms with van der Waals surface area (Å²) in [5, 5.41) is 7.41. The molecule has 24 heavy (non-hydrogen) atoms. The fourth-order valence-corrected chi connectivity index (χ4v) is 2.45. The standard InChI is InChI=1S/C15H13F3N2O3S/c16-15(17,18)12-3-1-2-10(8-12)9-20-14(21)11-4-6-13(7-5-11)24(19,22)23/h1-8H,9H2,(H,20,21)(H2,19,22,23). The van der Waals surface area contributed by atoms with E-state index >= 15 is 0 Å². The van der Waals surface area contributed by atoms with Crippen LogP contribution < -0.4 is 10.5 Å². The van der Waals surface area contributed by atoms with E-state index < -0.39 is 27.7 Å². The minimum absolute atomic E-state index is 0.0975. The zero-order valence-electron chi connectivity index (χ0n) is 12.2. The molecular formula is C15H13F3N2O3S. The Morgan fingerprint density at radius 1 is 1.08 bits per heavy atom. The Labute approximate surface area is 136 Å². The molecule has 0 aromatic heterocycles. The second-order valence-corrected chi connectivity index (χ2v) is 6.51. The zero-order valence-corrected chi connectivity index (χ0v) is 13.0. The van der Waals surface area contributed by atoms with Gasteiger partial charge in [0.15, 0.2) is 0 Å². The van der Waals surface area contributed by atoms with E-state index in [1.807, 2.05) is 0 Å². The van der Waals surface area contributed by atoms with Gasteiger partial charge in [0.25, 0.3) is 5.91 Å². The average molecular weight is 358 g/mol. The maximum absolute atomic E-state index is 12.6. The largest absolute Gasteiger partial charge is 0.416 e. The summed E-state index contributed by atoms with van der Waals surface area (Å²) in [6.45, 7) is -0.0975. The van der Waals surface area contributed by atoms with Crippen molar-refractivity contribution in [2.45, 2.75) is 17.6 Å². The van der Waals surface area contributed by atoms with Gasteiger partial charge in [-0.3, -0.25) is 4.79 Å². The second-order valence-electron chi connectivity index (χ2n) is 4.95. The van der Waals surface area contributed by atoms with Crippen molar-refractivity contribution in [1.82, 2.24) is 5.32 Å². The number of nitrogens with one attached hydrogen (secondary N) is 1. The highest BCUT2D eigenvalue weighted by molar-refractivity contribution is 7.89. The number of alkyl halides is 3. The molecule has 0 aliphatic carbocycles. The van der Waals surface area contributed by atoms with Crippen molar-refractivity contribution in [3.8, 4) is 0 Å². The molecule has 2 rings (SSSR count). The zero-order chi connectivity index (χ0) is 18.0. The van der Waals surface area contributed by atoms with Crippen LogP contribution in [0, 0.1) is 0 Å². The lowest BCUT2D eigenvalue weighted by Crippen LogP contribution is -2.23. The molecule has 0 heterocycles. The lowest BCUT2D eigenvalue weighted by molar-refractivity contribution is -0.137. The molecule has 5 nitrogen and oxygen atoms in total. The first kappa shape index (κ1) is 18.0. The highest BCUT2D eigenvalue weighted by Crippen LogP contribution is 2.29. The average Bonchev–Trinajstić information content (AvgIpc) is 2.51. The molecule has 0 aliphatic heterocycles. The highest BCUT2D eigenvalue weighted by atomic mass is 32.2. The van der Waals surface area contributed by atoms with Crippen LogP contribution in [0.4, 0.5) is 13.2 Å². The topological polar surface area (TPSA) is 89.3 Å². The number of hydrogen-bond donors (Lipinski definition) is 2. The number of rotatable bonds is 4. The smallest absolute Gasteiger partial charge is 0.348 e. The van der Waals surface area contributed by atoms with Crippen LogP contribution in [0.5, 0.6) is 0 Å². The summed E-state index contributed by atoms with van der Waals surface area (Å²) in [5.41, 5.74) is -0.347. The van der Waals surface area contributed by atoms with Crippen molar-refractivity contribution < 1.29 is 26.4 Å². The lowest BCUT2D eigenvalue weighted by atomic mass is 10.1. The van der Waals surface area contributed by atoms with Crippen LogP contribution in [0.2, 0.25) is 0 Å². The van der Waals surface area contributed by atoms with E-state index in [4.69, 9.17) is 5.14 Å². The number of carbonyl (C=O) groups excluding carboxylic acids is 1. The van der Waals surface area contributed by atoms with E-state index in [9.17, 15) is 26.4 Å². The van der Waals surface area contributed by atoms with Gasteiger partial charge in [0.05, 0.1) is 10.5 Å². The first-order chi connectivity index (χ1) is 11.1. The Kier molecular flexibility index (Phi) is 4.95. The maximum Gasteiger partial charge on any atom is 0.416 e. The monoisotopic (exact) mass is 358 g/mol. The number of halogens is 3. The molecule has 0 spiro atoms.